The van der Waals surface area contributed by atoms with Crippen molar-refractivity contribution in [1.82, 2.24) is 5.32 Å². The number of rotatable bonds is 1. The van der Waals surface area contributed by atoms with E-state index in [-0.39, 0.29) is 17.6 Å². The second kappa shape index (κ2) is 4.84. The number of amides is 1. The quantitative estimate of drug-likeness (QED) is 0.743. The summed E-state index contributed by atoms with van der Waals surface area (Å²) in [5, 5.41) is 12.6. The molecule has 0 aliphatic heterocycles. The van der Waals surface area contributed by atoms with Crippen LogP contribution in [0.4, 0.5) is 4.79 Å². The summed E-state index contributed by atoms with van der Waals surface area (Å²) in [6, 6.07) is 0.00333. The number of nitrogens with one attached hydrogen (secondary N) is 1. The Balaban J connectivity index is 2.49. The average Bonchev–Trinajstić information content (AvgIpc) is 1.93. The van der Waals surface area contributed by atoms with E-state index in [1.165, 1.54) is 0 Å². The first-order chi connectivity index (χ1) is 7.57. The zero-order valence-corrected chi connectivity index (χ0v) is 11.5. The molecular formula is C13H25NO3. The van der Waals surface area contributed by atoms with Crippen LogP contribution in [0.2, 0.25) is 0 Å². The van der Waals surface area contributed by atoms with Crippen molar-refractivity contribution in [2.24, 2.45) is 5.41 Å². The molecule has 0 aromatic heterocycles. The monoisotopic (exact) mass is 243 g/mol. The topological polar surface area (TPSA) is 58.6 Å². The van der Waals surface area contributed by atoms with E-state index in [9.17, 15) is 9.90 Å². The van der Waals surface area contributed by atoms with Gasteiger partial charge in [0, 0.05) is 6.04 Å². The van der Waals surface area contributed by atoms with Crippen molar-refractivity contribution in [2.45, 2.75) is 71.6 Å². The van der Waals surface area contributed by atoms with E-state index < -0.39 is 11.7 Å². The number of alkyl carbamates (subject to hydrolysis) is 1. The SMILES string of the molecule is CC1(C)C[C@@H](O)C[C@H](NC(=O)OC(C)(C)C)C1. The second-order valence-electron chi connectivity index (χ2n) is 6.81. The van der Waals surface area contributed by atoms with Crippen molar-refractivity contribution >= 4 is 6.09 Å². The molecular weight excluding hydrogens is 218 g/mol. The van der Waals surface area contributed by atoms with Crippen LogP contribution in [0, 0.1) is 5.41 Å². The van der Waals surface area contributed by atoms with Crippen molar-refractivity contribution in [3.63, 3.8) is 0 Å². The van der Waals surface area contributed by atoms with E-state index in [4.69, 9.17) is 4.74 Å². The number of aliphatic hydroxyl groups excluding tert-OH is 1. The van der Waals surface area contributed by atoms with Gasteiger partial charge in [-0.05, 0) is 45.4 Å². The highest BCUT2D eigenvalue weighted by atomic mass is 16.6. The van der Waals surface area contributed by atoms with Crippen LogP contribution >= 0.6 is 0 Å². The third-order valence-electron chi connectivity index (χ3n) is 2.86. The molecule has 1 fully saturated rings. The first-order valence-electron chi connectivity index (χ1n) is 6.25. The first kappa shape index (κ1) is 14.3. The van der Waals surface area contributed by atoms with Gasteiger partial charge < -0.3 is 15.2 Å². The molecule has 100 valence electrons. The second-order valence-corrected chi connectivity index (χ2v) is 6.81. The standard InChI is InChI=1S/C13H25NO3/c1-12(2,3)17-11(16)14-9-6-10(15)8-13(4,5)7-9/h9-10,15H,6-8H2,1-5H3,(H,14,16)/t9-,10-/m0/s1. The summed E-state index contributed by atoms with van der Waals surface area (Å²) in [4.78, 5) is 11.6. The number of hydrogen-bond donors (Lipinski definition) is 2. The highest BCUT2D eigenvalue weighted by Gasteiger charge is 2.34. The Kier molecular flexibility index (Phi) is 4.07. The molecule has 1 amide bonds. The van der Waals surface area contributed by atoms with Gasteiger partial charge in [-0.2, -0.15) is 0 Å². The molecule has 0 spiro atoms. The summed E-state index contributed by atoms with van der Waals surface area (Å²) in [5.74, 6) is 0. The third-order valence-corrected chi connectivity index (χ3v) is 2.86. The summed E-state index contributed by atoms with van der Waals surface area (Å²) in [6.07, 6.45) is 1.55. The lowest BCUT2D eigenvalue weighted by molar-refractivity contribution is 0.0285. The van der Waals surface area contributed by atoms with Crippen LogP contribution in [0.25, 0.3) is 0 Å². The van der Waals surface area contributed by atoms with Gasteiger partial charge in [-0.25, -0.2) is 4.79 Å². The van der Waals surface area contributed by atoms with Crippen LogP contribution < -0.4 is 5.32 Å². The highest BCUT2D eigenvalue weighted by Crippen LogP contribution is 2.35. The molecule has 2 N–H and O–H groups in total. The zero-order chi connectivity index (χ0) is 13.3. The van der Waals surface area contributed by atoms with Gasteiger partial charge in [0.25, 0.3) is 0 Å². The summed E-state index contributed by atoms with van der Waals surface area (Å²) >= 11 is 0. The molecule has 1 saturated carbocycles. The van der Waals surface area contributed by atoms with Crippen LogP contribution in [0.15, 0.2) is 0 Å². The molecule has 4 nitrogen and oxygen atoms in total. The molecule has 1 rings (SSSR count). The Morgan fingerprint density at radius 1 is 1.35 bits per heavy atom. The van der Waals surface area contributed by atoms with E-state index >= 15 is 0 Å². The lowest BCUT2D eigenvalue weighted by Crippen LogP contribution is -2.46. The number of hydrogen-bond acceptors (Lipinski definition) is 3. The Labute approximate surface area is 104 Å². The lowest BCUT2D eigenvalue weighted by atomic mass is 9.74. The van der Waals surface area contributed by atoms with E-state index in [1.54, 1.807) is 0 Å². The van der Waals surface area contributed by atoms with Gasteiger partial charge in [-0.3, -0.25) is 0 Å². The van der Waals surface area contributed by atoms with Crippen molar-refractivity contribution < 1.29 is 14.6 Å². The lowest BCUT2D eigenvalue weighted by Gasteiger charge is -2.38. The molecule has 1 aliphatic carbocycles. The van der Waals surface area contributed by atoms with E-state index in [0.717, 1.165) is 12.8 Å². The summed E-state index contributed by atoms with van der Waals surface area (Å²) in [6.45, 7) is 9.74. The normalized spacial score (nSPS) is 28.6. The molecule has 0 saturated heterocycles. The number of aliphatic hydroxyl groups is 1. The van der Waals surface area contributed by atoms with Crippen LogP contribution in [0.1, 0.15) is 53.9 Å². The van der Waals surface area contributed by atoms with Crippen molar-refractivity contribution in [3.05, 3.63) is 0 Å². The Hall–Kier alpha value is -0.770. The van der Waals surface area contributed by atoms with Crippen molar-refractivity contribution in [1.29, 1.82) is 0 Å². The van der Waals surface area contributed by atoms with E-state index in [2.05, 4.69) is 19.2 Å². The van der Waals surface area contributed by atoms with Gasteiger partial charge in [0.1, 0.15) is 5.60 Å². The van der Waals surface area contributed by atoms with Crippen LogP contribution in [0.5, 0.6) is 0 Å². The van der Waals surface area contributed by atoms with Gasteiger partial charge in [0.15, 0.2) is 0 Å². The molecule has 0 unspecified atom stereocenters. The predicted octanol–water partition coefficient (Wildman–Crippen LogP) is 2.45. The molecule has 0 heterocycles. The number of carbonyl (C=O) groups is 1. The van der Waals surface area contributed by atoms with Crippen LogP contribution in [-0.2, 0) is 4.74 Å². The fraction of sp³-hybridized carbons (Fsp3) is 0.923. The average molecular weight is 243 g/mol. The largest absolute Gasteiger partial charge is 0.444 e. The van der Waals surface area contributed by atoms with E-state index in [1.807, 2.05) is 20.8 Å². The van der Waals surface area contributed by atoms with Gasteiger partial charge in [-0.15, -0.1) is 0 Å². The summed E-state index contributed by atoms with van der Waals surface area (Å²) in [7, 11) is 0. The predicted molar refractivity (Wildman–Crippen MR) is 66.8 cm³/mol. The van der Waals surface area contributed by atoms with Gasteiger partial charge in [0.05, 0.1) is 6.10 Å². The van der Waals surface area contributed by atoms with Gasteiger partial charge >= 0.3 is 6.09 Å². The van der Waals surface area contributed by atoms with Gasteiger partial charge in [-0.1, -0.05) is 13.8 Å². The third kappa shape index (κ3) is 5.39. The molecule has 1 aliphatic rings. The van der Waals surface area contributed by atoms with Crippen molar-refractivity contribution in [3.8, 4) is 0 Å². The first-order valence-corrected chi connectivity index (χ1v) is 6.25. The smallest absolute Gasteiger partial charge is 0.407 e. The maximum atomic E-state index is 11.6. The minimum atomic E-state index is -0.479. The van der Waals surface area contributed by atoms with Gasteiger partial charge in [0.2, 0.25) is 0 Å². The molecule has 17 heavy (non-hydrogen) atoms. The fourth-order valence-corrected chi connectivity index (χ4v) is 2.47. The number of ether oxygens (including phenoxy) is 1. The highest BCUT2D eigenvalue weighted by molar-refractivity contribution is 5.68. The zero-order valence-electron chi connectivity index (χ0n) is 11.5. The fourth-order valence-electron chi connectivity index (χ4n) is 2.47. The summed E-state index contributed by atoms with van der Waals surface area (Å²) in [5.41, 5.74) is -0.412. The van der Waals surface area contributed by atoms with Crippen molar-refractivity contribution in [2.75, 3.05) is 0 Å². The summed E-state index contributed by atoms with van der Waals surface area (Å²) < 4.78 is 5.21. The maximum Gasteiger partial charge on any atom is 0.407 e. The molecule has 0 aromatic carbocycles. The molecule has 2 atom stereocenters. The molecule has 0 aromatic rings. The molecule has 4 heteroatoms. The minimum Gasteiger partial charge on any atom is -0.444 e. The Morgan fingerprint density at radius 3 is 2.41 bits per heavy atom. The van der Waals surface area contributed by atoms with E-state index in [0.29, 0.717) is 6.42 Å². The Morgan fingerprint density at radius 2 is 1.94 bits per heavy atom. The van der Waals surface area contributed by atoms with Crippen LogP contribution in [-0.4, -0.2) is 28.9 Å². The molecule has 0 bridgehead atoms. The minimum absolute atomic E-state index is 0.00333. The Bertz CT molecular complexity index is 281. The number of carbonyl (C=O) groups excluding carboxylic acids is 1. The van der Waals surface area contributed by atoms with Crippen LogP contribution in [0.3, 0.4) is 0 Å². The maximum absolute atomic E-state index is 11.6. The molecule has 0 radical (unpaired) electrons.